The molecule has 0 saturated heterocycles. The number of aromatic nitrogens is 2. The smallest absolute Gasteiger partial charge is 0.297 e. The zero-order valence-electron chi connectivity index (χ0n) is 11.6. The molecule has 1 amide bonds. The molecule has 0 unspecified atom stereocenters. The number of carbonyl (C=O) groups is 1. The molecule has 0 radical (unpaired) electrons. The Bertz CT molecular complexity index is 881. The van der Waals surface area contributed by atoms with Gasteiger partial charge in [0.1, 0.15) is 17.6 Å². The molecule has 0 saturated carbocycles. The standard InChI is InChI=1S/C14H13N3O4/c1-16(20-2)11(18)7-17-8-15-12-9-5-3-4-6-10(9)21-13(12)14(17)19/h3-6,8H,7H2,1-2H3. The van der Waals surface area contributed by atoms with E-state index >= 15 is 0 Å². The van der Waals surface area contributed by atoms with Crippen LogP contribution in [0.25, 0.3) is 22.1 Å². The van der Waals surface area contributed by atoms with Gasteiger partial charge >= 0.3 is 0 Å². The van der Waals surface area contributed by atoms with Gasteiger partial charge in [-0.2, -0.15) is 0 Å². The van der Waals surface area contributed by atoms with Gasteiger partial charge < -0.3 is 4.42 Å². The summed E-state index contributed by atoms with van der Waals surface area (Å²) >= 11 is 0. The van der Waals surface area contributed by atoms with Gasteiger partial charge in [0.25, 0.3) is 11.5 Å². The summed E-state index contributed by atoms with van der Waals surface area (Å²) in [6.07, 6.45) is 1.34. The van der Waals surface area contributed by atoms with Crippen LogP contribution in [0.3, 0.4) is 0 Å². The van der Waals surface area contributed by atoms with E-state index in [0.29, 0.717) is 11.1 Å². The number of likely N-dealkylation sites (N-methyl/N-ethyl adjacent to an activating group) is 1. The topological polar surface area (TPSA) is 77.6 Å². The minimum atomic E-state index is -0.394. The van der Waals surface area contributed by atoms with E-state index < -0.39 is 5.56 Å². The molecule has 108 valence electrons. The fourth-order valence-electron chi connectivity index (χ4n) is 2.08. The Hall–Kier alpha value is -2.67. The molecule has 2 heterocycles. The van der Waals surface area contributed by atoms with E-state index in [-0.39, 0.29) is 18.0 Å². The Kier molecular flexibility index (Phi) is 3.19. The first-order chi connectivity index (χ1) is 10.1. The van der Waals surface area contributed by atoms with Crippen LogP contribution < -0.4 is 5.56 Å². The van der Waals surface area contributed by atoms with Gasteiger partial charge in [-0.15, -0.1) is 0 Å². The zero-order chi connectivity index (χ0) is 15.0. The molecule has 2 aromatic heterocycles. The fraction of sp³-hybridized carbons (Fsp3) is 0.214. The van der Waals surface area contributed by atoms with Gasteiger partial charge in [-0.05, 0) is 12.1 Å². The lowest BCUT2D eigenvalue weighted by atomic mass is 10.2. The summed E-state index contributed by atoms with van der Waals surface area (Å²) in [5.41, 5.74) is 0.843. The van der Waals surface area contributed by atoms with Crippen molar-refractivity contribution in [2.24, 2.45) is 0 Å². The largest absolute Gasteiger partial charge is 0.448 e. The third-order valence-electron chi connectivity index (χ3n) is 3.28. The maximum absolute atomic E-state index is 12.4. The van der Waals surface area contributed by atoms with Crippen LogP contribution in [0.5, 0.6) is 0 Å². The Morgan fingerprint density at radius 3 is 2.95 bits per heavy atom. The van der Waals surface area contributed by atoms with Crippen molar-refractivity contribution in [2.75, 3.05) is 14.2 Å². The van der Waals surface area contributed by atoms with E-state index in [1.807, 2.05) is 18.2 Å². The molecular weight excluding hydrogens is 274 g/mol. The molecule has 21 heavy (non-hydrogen) atoms. The number of furan rings is 1. The second-order valence-electron chi connectivity index (χ2n) is 4.53. The first-order valence-corrected chi connectivity index (χ1v) is 6.29. The van der Waals surface area contributed by atoms with Gasteiger partial charge in [0.2, 0.25) is 5.58 Å². The van der Waals surface area contributed by atoms with Crippen molar-refractivity contribution >= 4 is 28.0 Å². The molecule has 0 aliphatic heterocycles. The van der Waals surface area contributed by atoms with Gasteiger partial charge in [0, 0.05) is 12.4 Å². The first kappa shape index (κ1) is 13.3. The highest BCUT2D eigenvalue weighted by atomic mass is 16.7. The van der Waals surface area contributed by atoms with Crippen LogP contribution in [-0.2, 0) is 16.2 Å². The second-order valence-corrected chi connectivity index (χ2v) is 4.53. The molecule has 7 nitrogen and oxygen atoms in total. The van der Waals surface area contributed by atoms with Gasteiger partial charge in [-0.1, -0.05) is 12.1 Å². The summed E-state index contributed by atoms with van der Waals surface area (Å²) in [6.45, 7) is -0.164. The van der Waals surface area contributed by atoms with Crippen LogP contribution in [-0.4, -0.2) is 34.7 Å². The normalized spacial score (nSPS) is 11.1. The lowest BCUT2D eigenvalue weighted by Gasteiger charge is -2.13. The molecule has 7 heteroatoms. The number of carbonyl (C=O) groups excluding carboxylic acids is 1. The van der Waals surface area contributed by atoms with Crippen LogP contribution in [0.2, 0.25) is 0 Å². The number of nitrogens with zero attached hydrogens (tertiary/aromatic N) is 3. The molecule has 0 N–H and O–H groups in total. The van der Waals surface area contributed by atoms with E-state index in [1.54, 1.807) is 6.07 Å². The van der Waals surface area contributed by atoms with Crippen LogP contribution in [0, 0.1) is 0 Å². The molecule has 3 rings (SSSR count). The number of hydrogen-bond acceptors (Lipinski definition) is 5. The number of para-hydroxylation sites is 1. The molecule has 0 bridgehead atoms. The Labute approximate surface area is 119 Å². The van der Waals surface area contributed by atoms with E-state index in [2.05, 4.69) is 4.98 Å². The highest BCUT2D eigenvalue weighted by Crippen LogP contribution is 2.23. The molecule has 3 aromatic rings. The van der Waals surface area contributed by atoms with Crippen molar-refractivity contribution in [1.29, 1.82) is 0 Å². The number of fused-ring (bicyclic) bond motifs is 3. The van der Waals surface area contributed by atoms with Crippen molar-refractivity contribution in [3.8, 4) is 0 Å². The summed E-state index contributed by atoms with van der Waals surface area (Å²) in [6, 6.07) is 7.27. The minimum Gasteiger partial charge on any atom is -0.448 e. The molecule has 0 aliphatic rings. The third-order valence-corrected chi connectivity index (χ3v) is 3.28. The molecule has 0 atom stereocenters. The second kappa shape index (κ2) is 5.02. The van der Waals surface area contributed by atoms with Gasteiger partial charge in [0.15, 0.2) is 0 Å². The maximum atomic E-state index is 12.4. The quantitative estimate of drug-likeness (QED) is 0.676. The number of amides is 1. The van der Waals surface area contributed by atoms with Gasteiger partial charge in [0.05, 0.1) is 13.4 Å². The highest BCUT2D eigenvalue weighted by Gasteiger charge is 2.15. The number of rotatable bonds is 3. The summed E-state index contributed by atoms with van der Waals surface area (Å²) in [7, 11) is 2.85. The van der Waals surface area contributed by atoms with Gasteiger partial charge in [-0.3, -0.25) is 19.0 Å². The average Bonchev–Trinajstić information content (AvgIpc) is 2.88. The molecule has 0 fully saturated rings. The van der Waals surface area contributed by atoms with Crippen molar-refractivity contribution < 1.29 is 14.0 Å². The lowest BCUT2D eigenvalue weighted by molar-refractivity contribution is -0.169. The predicted molar refractivity (Wildman–Crippen MR) is 75.6 cm³/mol. The van der Waals surface area contributed by atoms with Crippen molar-refractivity contribution in [3.63, 3.8) is 0 Å². The van der Waals surface area contributed by atoms with Crippen molar-refractivity contribution in [3.05, 3.63) is 40.9 Å². The van der Waals surface area contributed by atoms with Crippen LogP contribution in [0.15, 0.2) is 39.8 Å². The van der Waals surface area contributed by atoms with Crippen molar-refractivity contribution in [1.82, 2.24) is 14.6 Å². The maximum Gasteiger partial charge on any atom is 0.297 e. The summed E-state index contributed by atoms with van der Waals surface area (Å²) in [5.74, 6) is -0.364. The van der Waals surface area contributed by atoms with E-state index in [0.717, 1.165) is 10.4 Å². The molecule has 0 aliphatic carbocycles. The van der Waals surface area contributed by atoms with E-state index in [4.69, 9.17) is 9.25 Å². The van der Waals surface area contributed by atoms with Crippen LogP contribution >= 0.6 is 0 Å². The van der Waals surface area contributed by atoms with Crippen molar-refractivity contribution in [2.45, 2.75) is 6.54 Å². The van der Waals surface area contributed by atoms with Crippen LogP contribution in [0.1, 0.15) is 0 Å². The molecule has 0 spiro atoms. The predicted octanol–water partition coefficient (Wildman–Crippen LogP) is 1.16. The highest BCUT2D eigenvalue weighted by molar-refractivity contribution is 6.01. The summed E-state index contributed by atoms with van der Waals surface area (Å²) < 4.78 is 6.74. The van der Waals surface area contributed by atoms with Gasteiger partial charge in [-0.25, -0.2) is 10.0 Å². The Balaban J connectivity index is 2.10. The minimum absolute atomic E-state index is 0.145. The first-order valence-electron chi connectivity index (χ1n) is 6.29. The van der Waals surface area contributed by atoms with Crippen LogP contribution in [0.4, 0.5) is 0 Å². The SMILES string of the molecule is CON(C)C(=O)Cn1cnc2c(oc3ccccc32)c1=O. The van der Waals surface area contributed by atoms with E-state index in [9.17, 15) is 9.59 Å². The average molecular weight is 287 g/mol. The lowest BCUT2D eigenvalue weighted by Crippen LogP contribution is -2.33. The summed E-state index contributed by atoms with van der Waals surface area (Å²) in [5, 5.41) is 1.83. The number of benzene rings is 1. The Morgan fingerprint density at radius 2 is 2.19 bits per heavy atom. The number of hydrogen-bond donors (Lipinski definition) is 0. The molecular formula is C14H13N3O4. The monoisotopic (exact) mass is 287 g/mol. The summed E-state index contributed by atoms with van der Waals surface area (Å²) in [4.78, 5) is 33.2. The molecule has 1 aromatic carbocycles. The third kappa shape index (κ3) is 2.17. The Morgan fingerprint density at radius 1 is 1.43 bits per heavy atom. The van der Waals surface area contributed by atoms with E-state index in [1.165, 1.54) is 25.1 Å². The fourth-order valence-corrected chi connectivity index (χ4v) is 2.08. The zero-order valence-corrected chi connectivity index (χ0v) is 11.6. The number of hydroxylamine groups is 2.